The highest BCUT2D eigenvalue weighted by Gasteiger charge is 2.38. The van der Waals surface area contributed by atoms with Gasteiger partial charge in [-0.3, -0.25) is 4.90 Å². The fourth-order valence-corrected chi connectivity index (χ4v) is 3.77. The maximum absolute atomic E-state index is 10.7. The second-order valence-electron chi connectivity index (χ2n) is 6.24. The monoisotopic (exact) mass is 314 g/mol. The van der Waals surface area contributed by atoms with Crippen molar-refractivity contribution in [3.8, 4) is 0 Å². The van der Waals surface area contributed by atoms with Crippen LogP contribution in [0.4, 0.5) is 0 Å². The number of ether oxygens (including phenoxy) is 1. The largest absolute Gasteiger partial charge is 0.387 e. The van der Waals surface area contributed by atoms with E-state index >= 15 is 0 Å². The molecule has 1 fully saturated rings. The van der Waals surface area contributed by atoms with Crippen LogP contribution in [0.1, 0.15) is 36.1 Å². The molecule has 4 rings (SSSR count). The normalized spacial score (nSPS) is 28.0. The van der Waals surface area contributed by atoms with Crippen LogP contribution in [0.25, 0.3) is 0 Å². The molecule has 1 N–H and O–H groups in total. The van der Waals surface area contributed by atoms with Crippen molar-refractivity contribution in [3.63, 3.8) is 0 Å². The summed E-state index contributed by atoms with van der Waals surface area (Å²) in [5, 5.41) is 18.9. The summed E-state index contributed by atoms with van der Waals surface area (Å²) in [6.45, 7) is 5.15. The maximum Gasteiger partial charge on any atom is 0.163 e. The third-order valence-electron chi connectivity index (χ3n) is 5.01. The maximum atomic E-state index is 10.7. The fourth-order valence-electron chi connectivity index (χ4n) is 3.77. The number of nitrogens with zero attached hydrogens (tertiary/aromatic N) is 4. The molecule has 1 saturated heterocycles. The summed E-state index contributed by atoms with van der Waals surface area (Å²) in [4.78, 5) is 2.34. The van der Waals surface area contributed by atoms with Crippen molar-refractivity contribution in [2.75, 3.05) is 19.7 Å². The molecule has 0 bridgehead atoms. The summed E-state index contributed by atoms with van der Waals surface area (Å²) in [6.07, 6.45) is 2.14. The van der Waals surface area contributed by atoms with Crippen LogP contribution in [0.2, 0.25) is 0 Å². The van der Waals surface area contributed by atoms with Crippen LogP contribution >= 0.6 is 0 Å². The van der Waals surface area contributed by atoms with Crippen LogP contribution in [-0.4, -0.2) is 50.5 Å². The van der Waals surface area contributed by atoms with Crippen LogP contribution in [-0.2, 0) is 17.7 Å². The zero-order valence-electron chi connectivity index (χ0n) is 13.3. The average Bonchev–Trinajstić information content (AvgIpc) is 3.20. The molecule has 2 aliphatic rings. The number of fused-ring (bicyclic) bond motifs is 1. The van der Waals surface area contributed by atoms with Crippen molar-refractivity contribution in [2.24, 2.45) is 0 Å². The third kappa shape index (κ3) is 2.56. The van der Waals surface area contributed by atoms with Crippen LogP contribution in [0.15, 0.2) is 30.6 Å². The van der Waals surface area contributed by atoms with E-state index in [2.05, 4.69) is 28.1 Å². The first kappa shape index (κ1) is 14.8. The minimum atomic E-state index is -0.422. The Kier molecular flexibility index (Phi) is 3.88. The predicted octanol–water partition coefficient (Wildman–Crippen LogP) is 1.33. The van der Waals surface area contributed by atoms with Gasteiger partial charge in [0.05, 0.1) is 12.7 Å². The number of aliphatic hydroxyl groups excluding tert-OH is 1. The molecular formula is C17H22N4O2. The average molecular weight is 314 g/mol. The zero-order valence-corrected chi connectivity index (χ0v) is 13.3. The summed E-state index contributed by atoms with van der Waals surface area (Å²) >= 11 is 0. The van der Waals surface area contributed by atoms with Gasteiger partial charge in [0.2, 0.25) is 0 Å². The van der Waals surface area contributed by atoms with E-state index in [1.165, 1.54) is 5.56 Å². The Balaban J connectivity index is 1.53. The number of rotatable bonds is 3. The van der Waals surface area contributed by atoms with E-state index in [1.54, 1.807) is 6.33 Å². The highest BCUT2D eigenvalue weighted by molar-refractivity contribution is 5.36. The molecule has 23 heavy (non-hydrogen) atoms. The van der Waals surface area contributed by atoms with Crippen molar-refractivity contribution in [2.45, 2.75) is 38.1 Å². The molecule has 1 aromatic heterocycles. The Labute approximate surface area is 135 Å². The molecule has 122 valence electrons. The van der Waals surface area contributed by atoms with Gasteiger partial charge in [0.15, 0.2) is 5.82 Å². The first-order valence-electron chi connectivity index (χ1n) is 8.27. The molecular weight excluding hydrogens is 292 g/mol. The molecule has 2 heterocycles. The van der Waals surface area contributed by atoms with Gasteiger partial charge < -0.3 is 14.4 Å². The molecule has 0 saturated carbocycles. The number of hydrogen-bond donors (Lipinski definition) is 1. The van der Waals surface area contributed by atoms with E-state index in [4.69, 9.17) is 4.74 Å². The fraction of sp³-hybridized carbons (Fsp3) is 0.529. The molecule has 6 nitrogen and oxygen atoms in total. The molecule has 1 aliphatic carbocycles. The lowest BCUT2D eigenvalue weighted by Gasteiger charge is -2.37. The van der Waals surface area contributed by atoms with E-state index in [9.17, 15) is 5.11 Å². The van der Waals surface area contributed by atoms with E-state index in [-0.39, 0.29) is 12.1 Å². The highest BCUT2D eigenvalue weighted by atomic mass is 16.5. The van der Waals surface area contributed by atoms with Crippen molar-refractivity contribution < 1.29 is 9.84 Å². The van der Waals surface area contributed by atoms with E-state index in [1.807, 2.05) is 22.8 Å². The summed E-state index contributed by atoms with van der Waals surface area (Å²) in [6, 6.07) is 8.31. The Morgan fingerprint density at radius 3 is 3.04 bits per heavy atom. The third-order valence-corrected chi connectivity index (χ3v) is 5.01. The second kappa shape index (κ2) is 6.03. The van der Waals surface area contributed by atoms with Gasteiger partial charge >= 0.3 is 0 Å². The molecule has 0 spiro atoms. The van der Waals surface area contributed by atoms with Gasteiger partial charge in [-0.05, 0) is 24.5 Å². The van der Waals surface area contributed by atoms with E-state index < -0.39 is 6.10 Å². The lowest BCUT2D eigenvalue weighted by atomic mass is 10.1. The number of hydrogen-bond acceptors (Lipinski definition) is 5. The molecule has 6 heteroatoms. The number of aryl methyl sites for hydroxylation is 1. The van der Waals surface area contributed by atoms with Gasteiger partial charge in [-0.15, -0.1) is 10.2 Å². The molecule has 0 amide bonds. The smallest absolute Gasteiger partial charge is 0.163 e. The Bertz CT molecular complexity index is 687. The van der Waals surface area contributed by atoms with Crippen LogP contribution in [0.3, 0.4) is 0 Å². The van der Waals surface area contributed by atoms with Crippen LogP contribution in [0, 0.1) is 0 Å². The first-order valence-corrected chi connectivity index (χ1v) is 8.27. The molecule has 0 radical (unpaired) electrons. The number of aromatic nitrogens is 3. The standard InChI is InChI=1S/C17H22N4O2/c1-2-20-11-18-19-17(20)15-10-21(7-8-23-15)14-9-12-5-3-4-6-13(12)16(14)22/h3-6,11,14-16,22H,2,7-10H2,1H3. The molecule has 3 unspecified atom stereocenters. The van der Waals surface area contributed by atoms with Gasteiger partial charge in [0, 0.05) is 25.7 Å². The van der Waals surface area contributed by atoms with Gasteiger partial charge in [0.25, 0.3) is 0 Å². The molecule has 3 atom stereocenters. The van der Waals surface area contributed by atoms with Gasteiger partial charge in [-0.2, -0.15) is 0 Å². The van der Waals surface area contributed by atoms with E-state index in [0.717, 1.165) is 37.4 Å². The van der Waals surface area contributed by atoms with Gasteiger partial charge in [0.1, 0.15) is 12.4 Å². The minimum Gasteiger partial charge on any atom is -0.387 e. The Morgan fingerprint density at radius 2 is 2.22 bits per heavy atom. The number of morpholine rings is 1. The van der Waals surface area contributed by atoms with Crippen molar-refractivity contribution in [3.05, 3.63) is 47.5 Å². The first-order chi connectivity index (χ1) is 11.3. The van der Waals surface area contributed by atoms with Crippen LogP contribution in [0.5, 0.6) is 0 Å². The number of aliphatic hydroxyl groups is 1. The Morgan fingerprint density at radius 1 is 1.35 bits per heavy atom. The van der Waals surface area contributed by atoms with Crippen molar-refractivity contribution in [1.82, 2.24) is 19.7 Å². The number of benzene rings is 1. The van der Waals surface area contributed by atoms with Crippen molar-refractivity contribution in [1.29, 1.82) is 0 Å². The summed E-state index contributed by atoms with van der Waals surface area (Å²) < 4.78 is 7.94. The summed E-state index contributed by atoms with van der Waals surface area (Å²) in [5.74, 6) is 0.877. The predicted molar refractivity (Wildman–Crippen MR) is 84.9 cm³/mol. The van der Waals surface area contributed by atoms with Gasteiger partial charge in [-0.25, -0.2) is 0 Å². The lowest BCUT2D eigenvalue weighted by molar-refractivity contribution is -0.0677. The molecule has 2 aromatic rings. The van der Waals surface area contributed by atoms with Crippen molar-refractivity contribution >= 4 is 0 Å². The molecule has 1 aliphatic heterocycles. The van der Waals surface area contributed by atoms with E-state index in [0.29, 0.717) is 6.61 Å². The second-order valence-corrected chi connectivity index (χ2v) is 6.24. The quantitative estimate of drug-likeness (QED) is 0.926. The summed E-state index contributed by atoms with van der Waals surface area (Å²) in [5.41, 5.74) is 2.32. The SMILES string of the molecule is CCn1cnnc1C1CN(C2Cc3ccccc3C2O)CCO1. The zero-order chi connectivity index (χ0) is 15.8. The van der Waals surface area contributed by atoms with Gasteiger partial charge in [-0.1, -0.05) is 24.3 Å². The lowest BCUT2D eigenvalue weighted by Crippen LogP contribution is -2.47. The minimum absolute atomic E-state index is 0.0814. The molecule has 1 aromatic carbocycles. The highest BCUT2D eigenvalue weighted by Crippen LogP contribution is 2.36. The Hall–Kier alpha value is -1.76. The topological polar surface area (TPSA) is 63.4 Å². The summed E-state index contributed by atoms with van der Waals surface area (Å²) in [7, 11) is 0. The van der Waals surface area contributed by atoms with Crippen LogP contribution < -0.4 is 0 Å².